The maximum absolute atomic E-state index is 2.42. The van der Waals surface area contributed by atoms with E-state index in [0.717, 1.165) is 28.3 Å². The maximum atomic E-state index is 2.42. The molecule has 1 aliphatic rings. The molecule has 67 heavy (non-hydrogen) atoms. The average molecular weight is 855 g/mol. The predicted molar refractivity (Wildman–Crippen MR) is 284 cm³/mol. The summed E-state index contributed by atoms with van der Waals surface area (Å²) in [6.45, 7) is 4.71. The number of hydrogen-bond donors (Lipinski definition) is 0. The predicted octanol–water partition coefficient (Wildman–Crippen LogP) is 17.9. The highest BCUT2D eigenvalue weighted by atomic mass is 15.1. The van der Waals surface area contributed by atoms with Gasteiger partial charge in [-0.05, 0) is 150 Å². The van der Waals surface area contributed by atoms with Gasteiger partial charge in [-0.25, -0.2) is 0 Å². The highest BCUT2D eigenvalue weighted by Gasteiger charge is 2.35. The normalized spacial score (nSPS) is 12.7. The molecule has 0 saturated heterocycles. The van der Waals surface area contributed by atoms with Crippen LogP contribution in [0, 0.1) is 0 Å². The van der Waals surface area contributed by atoms with Crippen molar-refractivity contribution in [3.05, 3.63) is 254 Å². The molecule has 0 unspecified atom stereocenters. The Labute approximate surface area is 391 Å². The molecule has 0 N–H and O–H groups in total. The van der Waals surface area contributed by atoms with Crippen LogP contribution >= 0.6 is 0 Å². The first kappa shape index (κ1) is 39.0. The molecule has 316 valence electrons. The molecule has 0 spiro atoms. The molecule has 12 aromatic rings. The average Bonchev–Trinajstić information content (AvgIpc) is 3.84. The first-order valence-corrected chi connectivity index (χ1v) is 23.3. The van der Waals surface area contributed by atoms with Crippen molar-refractivity contribution >= 4 is 60.4 Å². The Balaban J connectivity index is 0.938. The summed E-state index contributed by atoms with van der Waals surface area (Å²) in [5.41, 5.74) is 19.4. The zero-order chi connectivity index (χ0) is 44.6. The Bertz CT molecular complexity index is 3890. The molecule has 1 aromatic heterocycles. The number of anilines is 3. The van der Waals surface area contributed by atoms with Gasteiger partial charge in [0.15, 0.2) is 0 Å². The van der Waals surface area contributed by atoms with E-state index in [1.54, 1.807) is 0 Å². The van der Waals surface area contributed by atoms with Crippen LogP contribution in [0.1, 0.15) is 25.0 Å². The molecule has 0 bridgehead atoms. The van der Waals surface area contributed by atoms with Crippen LogP contribution in [0.5, 0.6) is 0 Å². The van der Waals surface area contributed by atoms with Gasteiger partial charge in [-0.2, -0.15) is 0 Å². The number of fused-ring (bicyclic) bond motifs is 9. The third-order valence-electron chi connectivity index (χ3n) is 14.4. The number of rotatable bonds is 7. The summed E-state index contributed by atoms with van der Waals surface area (Å²) in [5, 5.41) is 7.56. The minimum Gasteiger partial charge on any atom is -0.310 e. The molecule has 0 radical (unpaired) electrons. The van der Waals surface area contributed by atoms with Crippen molar-refractivity contribution in [2.45, 2.75) is 19.3 Å². The van der Waals surface area contributed by atoms with Gasteiger partial charge in [0.2, 0.25) is 0 Å². The second-order valence-corrected chi connectivity index (χ2v) is 18.5. The Morgan fingerprint density at radius 2 is 0.896 bits per heavy atom. The SMILES string of the molecule is CC1(C)c2ccccc2-c2ccc(-c3cccc(N(c4ccc(-c5cccc6c5ccc5ccccc56)cc4)c4cccc(-c5ccc6c(c5)c5ccccc5n6-c5ccccc5)c4)c3)cc21. The van der Waals surface area contributed by atoms with Crippen LogP contribution in [0.4, 0.5) is 17.1 Å². The fraction of sp³-hybridized carbons (Fsp3) is 0.0462. The molecule has 13 rings (SSSR count). The van der Waals surface area contributed by atoms with Crippen molar-refractivity contribution in [2.24, 2.45) is 0 Å². The van der Waals surface area contributed by atoms with E-state index in [-0.39, 0.29) is 5.41 Å². The first-order chi connectivity index (χ1) is 33.0. The number of nitrogens with zero attached hydrogens (tertiary/aromatic N) is 2. The lowest BCUT2D eigenvalue weighted by molar-refractivity contribution is 0.660. The standard InChI is InChI=1S/C65H46N2/c1-65(2)61-27-10-8-23-57(61)58-37-32-48(42-62(58)65)46-17-13-21-52(40-46)66(50-34-29-44(30-35-50)54-25-14-26-55-53-22-7-6-15-43(53)31-36-56(54)55)51-20-12-16-45(39-51)47-33-38-64-60(41-47)59-24-9-11-28-63(59)67(64)49-18-4-3-5-19-49/h3-42H,1-2H3. The number of hydrogen-bond acceptors (Lipinski definition) is 1. The highest BCUT2D eigenvalue weighted by molar-refractivity contribution is 6.12. The molecule has 2 nitrogen and oxygen atoms in total. The molecule has 0 saturated carbocycles. The van der Waals surface area contributed by atoms with Crippen LogP contribution < -0.4 is 4.90 Å². The molecular weight excluding hydrogens is 809 g/mol. The fourth-order valence-corrected chi connectivity index (χ4v) is 11.1. The van der Waals surface area contributed by atoms with Crippen molar-refractivity contribution in [3.63, 3.8) is 0 Å². The summed E-state index contributed by atoms with van der Waals surface area (Å²) in [6, 6.07) is 89.4. The quantitative estimate of drug-likeness (QED) is 0.145. The van der Waals surface area contributed by atoms with Crippen molar-refractivity contribution in [1.82, 2.24) is 4.57 Å². The van der Waals surface area contributed by atoms with Gasteiger partial charge in [-0.15, -0.1) is 0 Å². The van der Waals surface area contributed by atoms with E-state index in [0.29, 0.717) is 0 Å². The Kier molecular flexibility index (Phi) is 8.91. The van der Waals surface area contributed by atoms with Gasteiger partial charge in [0.1, 0.15) is 0 Å². The van der Waals surface area contributed by atoms with Gasteiger partial charge in [0.05, 0.1) is 11.0 Å². The van der Waals surface area contributed by atoms with Gasteiger partial charge in [0.25, 0.3) is 0 Å². The Morgan fingerprint density at radius 1 is 0.313 bits per heavy atom. The summed E-state index contributed by atoms with van der Waals surface area (Å²) in [6.07, 6.45) is 0. The summed E-state index contributed by atoms with van der Waals surface area (Å²) >= 11 is 0. The van der Waals surface area contributed by atoms with E-state index in [4.69, 9.17) is 0 Å². The van der Waals surface area contributed by atoms with Crippen molar-refractivity contribution in [3.8, 4) is 50.2 Å². The van der Waals surface area contributed by atoms with Crippen LogP contribution in [0.3, 0.4) is 0 Å². The first-order valence-electron chi connectivity index (χ1n) is 23.3. The van der Waals surface area contributed by atoms with Crippen molar-refractivity contribution in [1.29, 1.82) is 0 Å². The Morgan fingerprint density at radius 3 is 1.70 bits per heavy atom. The maximum Gasteiger partial charge on any atom is 0.0541 e. The fourth-order valence-electron chi connectivity index (χ4n) is 11.1. The van der Waals surface area contributed by atoms with Crippen LogP contribution in [-0.4, -0.2) is 4.57 Å². The van der Waals surface area contributed by atoms with E-state index in [1.165, 1.54) is 93.4 Å². The molecule has 11 aromatic carbocycles. The molecular formula is C65H46N2. The molecule has 0 aliphatic heterocycles. The van der Waals surface area contributed by atoms with E-state index in [1.807, 2.05) is 0 Å². The number of aromatic nitrogens is 1. The van der Waals surface area contributed by atoms with Gasteiger partial charge in [0, 0.05) is 38.9 Å². The second kappa shape index (κ2) is 15.3. The minimum atomic E-state index is -0.0790. The van der Waals surface area contributed by atoms with E-state index < -0.39 is 0 Å². The lowest BCUT2D eigenvalue weighted by atomic mass is 9.81. The minimum absolute atomic E-state index is 0.0790. The molecule has 2 heteroatoms. The zero-order valence-corrected chi connectivity index (χ0v) is 37.5. The monoisotopic (exact) mass is 854 g/mol. The van der Waals surface area contributed by atoms with Gasteiger partial charge < -0.3 is 9.47 Å². The molecule has 1 aliphatic carbocycles. The summed E-state index contributed by atoms with van der Waals surface area (Å²) in [7, 11) is 0. The van der Waals surface area contributed by atoms with Crippen molar-refractivity contribution < 1.29 is 0 Å². The lowest BCUT2D eigenvalue weighted by Gasteiger charge is -2.27. The summed E-state index contributed by atoms with van der Waals surface area (Å²) < 4.78 is 2.38. The second-order valence-electron chi connectivity index (χ2n) is 18.5. The lowest BCUT2D eigenvalue weighted by Crippen LogP contribution is -2.14. The summed E-state index contributed by atoms with van der Waals surface area (Å²) in [5.74, 6) is 0. The van der Waals surface area contributed by atoms with E-state index in [2.05, 4.69) is 266 Å². The number of benzene rings is 11. The Hall–Kier alpha value is -8.46. The van der Waals surface area contributed by atoms with Gasteiger partial charge >= 0.3 is 0 Å². The van der Waals surface area contributed by atoms with Gasteiger partial charge in [-0.3, -0.25) is 0 Å². The highest BCUT2D eigenvalue weighted by Crippen LogP contribution is 2.50. The van der Waals surface area contributed by atoms with Crippen molar-refractivity contribution in [2.75, 3.05) is 4.90 Å². The molecule has 1 heterocycles. The third-order valence-corrected chi connectivity index (χ3v) is 14.4. The zero-order valence-electron chi connectivity index (χ0n) is 37.5. The topological polar surface area (TPSA) is 8.17 Å². The molecule has 0 atom stereocenters. The number of para-hydroxylation sites is 2. The van der Waals surface area contributed by atoms with Crippen LogP contribution in [0.25, 0.3) is 93.5 Å². The molecule has 0 fully saturated rings. The third kappa shape index (κ3) is 6.32. The van der Waals surface area contributed by atoms with Crippen LogP contribution in [0.2, 0.25) is 0 Å². The summed E-state index contributed by atoms with van der Waals surface area (Å²) in [4.78, 5) is 2.42. The van der Waals surface area contributed by atoms with Crippen LogP contribution in [-0.2, 0) is 5.41 Å². The van der Waals surface area contributed by atoms with E-state index >= 15 is 0 Å². The van der Waals surface area contributed by atoms with Crippen LogP contribution in [0.15, 0.2) is 243 Å². The van der Waals surface area contributed by atoms with Gasteiger partial charge in [-0.1, -0.05) is 184 Å². The largest absolute Gasteiger partial charge is 0.310 e. The van der Waals surface area contributed by atoms with E-state index in [9.17, 15) is 0 Å². The molecule has 0 amide bonds. The smallest absolute Gasteiger partial charge is 0.0541 e.